The SMILES string of the molecule is CCCCCCCCC/C=C\CCCCCCCCCC(=O)OCC1OC(OC2CCC3(C)C(=CCC4C3CCC3(C)C(C(C)/C=C/C(C)C(C)C)CCC43)C2)C(O)C(O)C1O. The van der Waals surface area contributed by atoms with Crippen LogP contribution in [-0.2, 0) is 19.0 Å². The first-order chi connectivity index (χ1) is 29.8. The number of allylic oxidation sites excluding steroid dienone is 5. The number of carbonyl (C=O) groups is 1. The molecule has 0 amide bonds. The molecule has 4 aliphatic carbocycles. The van der Waals surface area contributed by atoms with E-state index in [1.165, 1.54) is 115 Å². The molecular formula is C55H94O7. The first-order valence-electron chi connectivity index (χ1n) is 26.3. The standard InChI is InChI=1S/C55H94O7/c1-8-9-10-11-12-13-14-15-16-17-18-19-20-21-22-23-24-25-26-49(56)60-38-48-50(57)51(58)52(59)53(62-48)61-43-33-35-54(6)42(37-43)29-30-44-46-32-31-45(55(46,7)36-34-47(44)54)41(5)28-27-40(4)39(2)3/h16-17,27-29,39-41,43-48,50-53,57-59H,8-15,18-26,30-38H2,1-7H3/b17-16-,28-27+. The summed E-state index contributed by atoms with van der Waals surface area (Å²) in [6.07, 6.45) is 35.1. The van der Waals surface area contributed by atoms with E-state index in [1.807, 2.05) is 0 Å². The zero-order valence-electron chi connectivity index (χ0n) is 40.8. The van der Waals surface area contributed by atoms with Gasteiger partial charge in [-0.25, -0.2) is 0 Å². The number of aliphatic hydroxyl groups excluding tert-OH is 3. The second-order valence-corrected chi connectivity index (χ2v) is 21.9. The van der Waals surface area contributed by atoms with E-state index in [2.05, 4.69) is 78.8 Å². The van der Waals surface area contributed by atoms with E-state index in [0.717, 1.165) is 62.7 Å². The summed E-state index contributed by atoms with van der Waals surface area (Å²) >= 11 is 0. The van der Waals surface area contributed by atoms with Crippen molar-refractivity contribution in [2.45, 2.75) is 246 Å². The maximum absolute atomic E-state index is 12.6. The minimum Gasteiger partial charge on any atom is -0.463 e. The first-order valence-corrected chi connectivity index (χ1v) is 26.3. The molecule has 14 unspecified atom stereocenters. The van der Waals surface area contributed by atoms with Crippen molar-refractivity contribution in [3.8, 4) is 0 Å². The molecule has 14 atom stereocenters. The van der Waals surface area contributed by atoms with E-state index < -0.39 is 30.7 Å². The highest BCUT2D eigenvalue weighted by molar-refractivity contribution is 5.69. The fraction of sp³-hybridized carbons (Fsp3) is 0.873. The highest BCUT2D eigenvalue weighted by atomic mass is 16.7. The highest BCUT2D eigenvalue weighted by Crippen LogP contribution is 2.67. The quantitative estimate of drug-likeness (QED) is 0.0452. The van der Waals surface area contributed by atoms with Crippen LogP contribution in [0.5, 0.6) is 0 Å². The van der Waals surface area contributed by atoms with Crippen molar-refractivity contribution >= 4 is 5.97 Å². The molecule has 1 saturated heterocycles. The van der Waals surface area contributed by atoms with Crippen molar-refractivity contribution in [3.05, 3.63) is 36.0 Å². The second-order valence-electron chi connectivity index (χ2n) is 21.9. The number of fused-ring (bicyclic) bond motifs is 5. The largest absolute Gasteiger partial charge is 0.463 e. The molecule has 0 bridgehead atoms. The third-order valence-electron chi connectivity index (χ3n) is 17.3. The van der Waals surface area contributed by atoms with Gasteiger partial charge in [-0.1, -0.05) is 155 Å². The average Bonchev–Trinajstić information content (AvgIpc) is 3.62. The van der Waals surface area contributed by atoms with Gasteiger partial charge in [-0.05, 0) is 136 Å². The summed E-state index contributed by atoms with van der Waals surface area (Å²) < 4.78 is 18.0. The highest BCUT2D eigenvalue weighted by Gasteiger charge is 2.59. The van der Waals surface area contributed by atoms with Crippen LogP contribution in [0.1, 0.15) is 209 Å². The Bertz CT molecular complexity index is 1410. The molecule has 0 aromatic carbocycles. The normalized spacial score (nSPS) is 35.8. The molecule has 4 fully saturated rings. The summed E-state index contributed by atoms with van der Waals surface area (Å²) in [5.74, 6) is 4.54. The molecule has 7 heteroatoms. The Hall–Kier alpha value is -1.51. The van der Waals surface area contributed by atoms with Crippen LogP contribution in [0.3, 0.4) is 0 Å². The predicted octanol–water partition coefficient (Wildman–Crippen LogP) is 13.0. The third kappa shape index (κ3) is 13.8. The molecule has 7 nitrogen and oxygen atoms in total. The Morgan fingerprint density at radius 3 is 2.08 bits per heavy atom. The van der Waals surface area contributed by atoms with Crippen LogP contribution < -0.4 is 0 Å². The summed E-state index contributed by atoms with van der Waals surface area (Å²) in [4.78, 5) is 12.6. The van der Waals surface area contributed by atoms with E-state index in [0.29, 0.717) is 35.5 Å². The Balaban J connectivity index is 0.981. The molecule has 356 valence electrons. The van der Waals surface area contributed by atoms with Crippen LogP contribution in [0.2, 0.25) is 0 Å². The first kappa shape index (κ1) is 51.5. The molecule has 3 saturated carbocycles. The summed E-state index contributed by atoms with van der Waals surface area (Å²) in [6, 6.07) is 0. The van der Waals surface area contributed by atoms with E-state index in [-0.39, 0.29) is 24.1 Å². The molecule has 0 spiro atoms. The van der Waals surface area contributed by atoms with E-state index in [4.69, 9.17) is 14.2 Å². The second kappa shape index (κ2) is 25.4. The van der Waals surface area contributed by atoms with Gasteiger partial charge in [0.25, 0.3) is 0 Å². The number of hydrogen-bond donors (Lipinski definition) is 3. The zero-order chi connectivity index (χ0) is 44.7. The maximum Gasteiger partial charge on any atom is 0.305 e. The van der Waals surface area contributed by atoms with Gasteiger partial charge in [0.05, 0.1) is 6.10 Å². The van der Waals surface area contributed by atoms with Gasteiger partial charge >= 0.3 is 5.97 Å². The lowest BCUT2D eigenvalue weighted by Gasteiger charge is -2.58. The molecule has 5 rings (SSSR count). The van der Waals surface area contributed by atoms with Crippen LogP contribution >= 0.6 is 0 Å². The number of aliphatic hydroxyl groups is 3. The van der Waals surface area contributed by atoms with Gasteiger partial charge in [-0.2, -0.15) is 0 Å². The van der Waals surface area contributed by atoms with Gasteiger partial charge in [0, 0.05) is 6.42 Å². The summed E-state index contributed by atoms with van der Waals surface area (Å²) in [5, 5.41) is 32.6. The monoisotopic (exact) mass is 867 g/mol. The van der Waals surface area contributed by atoms with Crippen molar-refractivity contribution < 1.29 is 34.3 Å². The third-order valence-corrected chi connectivity index (χ3v) is 17.3. The number of rotatable bonds is 26. The lowest BCUT2D eigenvalue weighted by Crippen LogP contribution is -2.60. The van der Waals surface area contributed by atoms with Gasteiger partial charge in [0.1, 0.15) is 31.0 Å². The van der Waals surface area contributed by atoms with Gasteiger partial charge < -0.3 is 29.5 Å². The topological polar surface area (TPSA) is 105 Å². The number of ether oxygens (including phenoxy) is 3. The molecule has 0 radical (unpaired) electrons. The molecule has 5 aliphatic rings. The number of esters is 1. The minimum absolute atomic E-state index is 0.150. The van der Waals surface area contributed by atoms with Gasteiger partial charge in [0.2, 0.25) is 0 Å². The average molecular weight is 867 g/mol. The number of unbranched alkanes of at least 4 members (excludes halogenated alkanes) is 14. The van der Waals surface area contributed by atoms with E-state index in [1.54, 1.807) is 0 Å². The Morgan fingerprint density at radius 2 is 1.42 bits per heavy atom. The van der Waals surface area contributed by atoms with Gasteiger partial charge in [-0.15, -0.1) is 0 Å². The van der Waals surface area contributed by atoms with Crippen LogP contribution in [0.25, 0.3) is 0 Å². The number of hydrogen-bond acceptors (Lipinski definition) is 7. The number of carbonyl (C=O) groups excluding carboxylic acids is 1. The Labute approximate surface area is 379 Å². The zero-order valence-corrected chi connectivity index (χ0v) is 40.8. The Kier molecular flexibility index (Phi) is 21.1. The molecule has 3 N–H and O–H groups in total. The van der Waals surface area contributed by atoms with E-state index in [9.17, 15) is 20.1 Å². The summed E-state index contributed by atoms with van der Waals surface area (Å²) in [5.41, 5.74) is 2.05. The fourth-order valence-electron chi connectivity index (χ4n) is 12.8. The predicted molar refractivity (Wildman–Crippen MR) is 253 cm³/mol. The van der Waals surface area contributed by atoms with Crippen LogP contribution in [0.4, 0.5) is 0 Å². The lowest BCUT2D eigenvalue weighted by atomic mass is 9.47. The smallest absolute Gasteiger partial charge is 0.305 e. The molecule has 0 aromatic rings. The maximum atomic E-state index is 12.6. The van der Waals surface area contributed by atoms with Gasteiger partial charge in [0.15, 0.2) is 6.29 Å². The Morgan fingerprint density at radius 1 is 0.774 bits per heavy atom. The summed E-state index contributed by atoms with van der Waals surface area (Å²) in [7, 11) is 0. The molecule has 62 heavy (non-hydrogen) atoms. The molecule has 0 aromatic heterocycles. The molecule has 1 heterocycles. The van der Waals surface area contributed by atoms with Crippen molar-refractivity contribution in [2.24, 2.45) is 52.3 Å². The van der Waals surface area contributed by atoms with Crippen LogP contribution in [0.15, 0.2) is 36.0 Å². The van der Waals surface area contributed by atoms with E-state index >= 15 is 0 Å². The van der Waals surface area contributed by atoms with Crippen molar-refractivity contribution in [3.63, 3.8) is 0 Å². The summed E-state index contributed by atoms with van der Waals surface area (Å²) in [6.45, 7) is 16.7. The van der Waals surface area contributed by atoms with Crippen molar-refractivity contribution in [1.29, 1.82) is 0 Å². The molecular weight excluding hydrogens is 773 g/mol. The van der Waals surface area contributed by atoms with Crippen LogP contribution in [0, 0.1) is 52.3 Å². The van der Waals surface area contributed by atoms with Crippen molar-refractivity contribution in [2.75, 3.05) is 6.61 Å². The van der Waals surface area contributed by atoms with Gasteiger partial charge in [-0.3, -0.25) is 4.79 Å². The fourth-order valence-corrected chi connectivity index (χ4v) is 12.8. The molecule has 1 aliphatic heterocycles. The minimum atomic E-state index is -1.45. The lowest BCUT2D eigenvalue weighted by molar-refractivity contribution is -0.313. The van der Waals surface area contributed by atoms with Crippen LogP contribution in [-0.4, -0.2) is 64.7 Å². The van der Waals surface area contributed by atoms with Crippen molar-refractivity contribution in [1.82, 2.24) is 0 Å².